The van der Waals surface area contributed by atoms with E-state index in [1.165, 1.54) is 6.20 Å². The fraction of sp³-hybridized carbons (Fsp3) is 0. The molecule has 0 aliphatic carbocycles. The molecule has 2 aromatic rings. The summed E-state index contributed by atoms with van der Waals surface area (Å²) in [6.07, 6.45) is 4.86. The number of imidazole rings is 1. The lowest BCUT2D eigenvalue weighted by atomic mass is 10.6. The fourth-order valence-electron chi connectivity index (χ4n) is 0.927. The van der Waals surface area contributed by atoms with Gasteiger partial charge in [0.25, 0.3) is 0 Å². The van der Waals surface area contributed by atoms with Crippen LogP contribution in [0.2, 0.25) is 0 Å². The predicted octanol–water partition coefficient (Wildman–Crippen LogP) is 1.45. The Morgan fingerprint density at radius 3 is 2.43 bits per heavy atom. The van der Waals surface area contributed by atoms with Gasteiger partial charge >= 0.3 is 0 Å². The molecule has 0 aliphatic heterocycles. The van der Waals surface area contributed by atoms with E-state index in [1.54, 1.807) is 12.5 Å². The molecule has 2 heterocycles. The summed E-state index contributed by atoms with van der Waals surface area (Å²) in [5.74, 6) is 1.14. The Morgan fingerprint density at radius 1 is 1.14 bits per heavy atom. The molecule has 0 aliphatic rings. The number of halogens is 2. The predicted molar refractivity (Wildman–Crippen MR) is 69.0 cm³/mol. The molecule has 5 nitrogen and oxygen atoms in total. The van der Waals surface area contributed by atoms with E-state index >= 15 is 0 Å². The zero-order valence-corrected chi connectivity index (χ0v) is 11.2. The molecule has 0 bridgehead atoms. The van der Waals surface area contributed by atoms with Gasteiger partial charge in [0, 0.05) is 0 Å². The van der Waals surface area contributed by atoms with Crippen LogP contribution in [0.15, 0.2) is 18.7 Å². The summed E-state index contributed by atoms with van der Waals surface area (Å²) in [5.41, 5.74) is 5.45. The van der Waals surface area contributed by atoms with Gasteiger partial charge in [-0.1, -0.05) is 0 Å². The number of nitrogens with zero attached hydrogens (tertiary/aromatic N) is 4. The molecule has 0 amide bonds. The van der Waals surface area contributed by atoms with Gasteiger partial charge in [0.1, 0.15) is 19.5 Å². The number of aromatic nitrogens is 4. The normalized spacial score (nSPS) is 10.4. The Morgan fingerprint density at radius 2 is 1.93 bits per heavy atom. The third-order valence-corrected chi connectivity index (χ3v) is 4.43. The highest BCUT2D eigenvalue weighted by atomic mass is 127. The minimum Gasteiger partial charge on any atom is -0.382 e. The number of nitrogens with two attached hydrogens (primary N) is 1. The minimum absolute atomic E-state index is 0.415. The molecule has 72 valence electrons. The van der Waals surface area contributed by atoms with Crippen molar-refractivity contribution in [1.82, 2.24) is 19.5 Å². The molecular weight excluding hydrogens is 408 g/mol. The smallest absolute Gasteiger partial charge is 0.157 e. The molecule has 2 aromatic heterocycles. The van der Waals surface area contributed by atoms with Crippen molar-refractivity contribution in [2.24, 2.45) is 0 Å². The molecule has 0 saturated carbocycles. The lowest BCUT2D eigenvalue weighted by molar-refractivity contribution is 0.952. The molecule has 2 rings (SSSR count). The van der Waals surface area contributed by atoms with Crippen molar-refractivity contribution in [3.8, 4) is 5.82 Å². The van der Waals surface area contributed by atoms with E-state index in [0.29, 0.717) is 5.82 Å². The average molecular weight is 413 g/mol. The summed E-state index contributed by atoms with van der Waals surface area (Å²) in [6.45, 7) is 0. The van der Waals surface area contributed by atoms with Gasteiger partial charge in [-0.25, -0.2) is 15.0 Å². The summed E-state index contributed by atoms with van der Waals surface area (Å²) in [7, 11) is 0. The van der Waals surface area contributed by atoms with Gasteiger partial charge in [0.15, 0.2) is 5.82 Å². The van der Waals surface area contributed by atoms with Gasteiger partial charge in [0.2, 0.25) is 0 Å². The first-order chi connectivity index (χ1) is 6.68. The molecule has 0 radical (unpaired) electrons. The number of nitrogen functional groups attached to an aromatic ring is 1. The monoisotopic (exact) mass is 413 g/mol. The van der Waals surface area contributed by atoms with Crippen molar-refractivity contribution in [2.75, 3.05) is 5.73 Å². The van der Waals surface area contributed by atoms with E-state index in [0.717, 1.165) is 13.2 Å². The highest BCUT2D eigenvalue weighted by molar-refractivity contribution is 14.1. The van der Waals surface area contributed by atoms with Crippen molar-refractivity contribution in [3.63, 3.8) is 0 Å². The molecule has 0 saturated heterocycles. The maximum atomic E-state index is 5.45. The fourth-order valence-corrected chi connectivity index (χ4v) is 1.82. The van der Waals surface area contributed by atoms with Crippen molar-refractivity contribution in [2.45, 2.75) is 0 Å². The number of anilines is 1. The lowest BCUT2D eigenvalue weighted by Crippen LogP contribution is -2.01. The van der Waals surface area contributed by atoms with Crippen LogP contribution in [-0.4, -0.2) is 19.5 Å². The van der Waals surface area contributed by atoms with Gasteiger partial charge in [-0.2, -0.15) is 0 Å². The molecule has 0 atom stereocenters. The van der Waals surface area contributed by atoms with Crippen LogP contribution >= 0.6 is 45.2 Å². The summed E-state index contributed by atoms with van der Waals surface area (Å²) < 4.78 is 3.82. The van der Waals surface area contributed by atoms with Crippen LogP contribution in [0, 0.1) is 7.40 Å². The van der Waals surface area contributed by atoms with Crippen LogP contribution in [0.5, 0.6) is 0 Å². The van der Waals surface area contributed by atoms with E-state index in [1.807, 2.05) is 4.57 Å². The Balaban J connectivity index is 2.49. The number of hydrogen-bond acceptors (Lipinski definition) is 4. The summed E-state index contributed by atoms with van der Waals surface area (Å²) in [6, 6.07) is 0. The molecule has 2 N–H and O–H groups in total. The van der Waals surface area contributed by atoms with Crippen LogP contribution in [0.4, 0.5) is 5.82 Å². The topological polar surface area (TPSA) is 69.6 Å². The standard InChI is InChI=1S/C7H5I2N5/c8-6-7(9)14(3-13-6)5-2-11-4(10)1-12-5/h1-3H,(H2,10,11). The third kappa shape index (κ3) is 1.82. The lowest BCUT2D eigenvalue weighted by Gasteiger charge is -2.01. The van der Waals surface area contributed by atoms with Gasteiger partial charge in [0.05, 0.1) is 12.4 Å². The summed E-state index contributed by atoms with van der Waals surface area (Å²) in [4.78, 5) is 12.3. The Bertz CT molecular complexity index is 450. The van der Waals surface area contributed by atoms with E-state index in [2.05, 4.69) is 60.1 Å². The largest absolute Gasteiger partial charge is 0.382 e. The molecule has 14 heavy (non-hydrogen) atoms. The van der Waals surface area contributed by atoms with Crippen LogP contribution in [0.25, 0.3) is 5.82 Å². The van der Waals surface area contributed by atoms with Crippen LogP contribution in [0.3, 0.4) is 0 Å². The summed E-state index contributed by atoms with van der Waals surface area (Å²) in [5, 5.41) is 0. The van der Waals surface area contributed by atoms with E-state index in [4.69, 9.17) is 5.73 Å². The molecule has 0 fully saturated rings. The highest BCUT2D eigenvalue weighted by Crippen LogP contribution is 2.16. The van der Waals surface area contributed by atoms with Crippen LogP contribution < -0.4 is 5.73 Å². The quantitative estimate of drug-likeness (QED) is 0.720. The van der Waals surface area contributed by atoms with Crippen molar-refractivity contribution < 1.29 is 0 Å². The van der Waals surface area contributed by atoms with Gasteiger partial charge in [-0.05, 0) is 45.2 Å². The first-order valence-corrected chi connectivity index (χ1v) is 5.80. The minimum atomic E-state index is 0.415. The Hall–Kier alpha value is -0.450. The van der Waals surface area contributed by atoms with Crippen molar-refractivity contribution in [3.05, 3.63) is 26.1 Å². The van der Waals surface area contributed by atoms with Gasteiger partial charge < -0.3 is 5.73 Å². The molecule has 0 spiro atoms. The van der Waals surface area contributed by atoms with E-state index in [-0.39, 0.29) is 0 Å². The zero-order valence-electron chi connectivity index (χ0n) is 6.85. The molecule has 0 unspecified atom stereocenters. The van der Waals surface area contributed by atoms with Crippen molar-refractivity contribution in [1.29, 1.82) is 0 Å². The molecule has 7 heteroatoms. The maximum absolute atomic E-state index is 5.45. The van der Waals surface area contributed by atoms with Crippen LogP contribution in [0.1, 0.15) is 0 Å². The Kier molecular flexibility index (Phi) is 2.85. The Labute approximate surface area is 107 Å². The van der Waals surface area contributed by atoms with E-state index in [9.17, 15) is 0 Å². The number of rotatable bonds is 1. The van der Waals surface area contributed by atoms with Crippen LogP contribution in [-0.2, 0) is 0 Å². The second-order valence-corrected chi connectivity index (χ2v) is 4.54. The second kappa shape index (κ2) is 3.96. The molecule has 0 aromatic carbocycles. The van der Waals surface area contributed by atoms with Crippen molar-refractivity contribution >= 4 is 51.0 Å². The maximum Gasteiger partial charge on any atom is 0.157 e. The van der Waals surface area contributed by atoms with Gasteiger partial charge in [-0.3, -0.25) is 4.57 Å². The first-order valence-electron chi connectivity index (χ1n) is 3.64. The SMILES string of the molecule is Nc1cnc(-n2cnc(I)c2I)cn1. The van der Waals surface area contributed by atoms with E-state index < -0.39 is 0 Å². The summed E-state index contributed by atoms with van der Waals surface area (Å²) >= 11 is 4.37. The third-order valence-electron chi connectivity index (χ3n) is 1.57. The number of hydrogen-bond donors (Lipinski definition) is 1. The van der Waals surface area contributed by atoms with Gasteiger partial charge in [-0.15, -0.1) is 0 Å². The first kappa shape index (κ1) is 10.1. The second-order valence-electron chi connectivity index (χ2n) is 2.50. The zero-order chi connectivity index (χ0) is 10.1. The highest BCUT2D eigenvalue weighted by Gasteiger charge is 2.07. The molecular formula is C7H5I2N5. The average Bonchev–Trinajstić information content (AvgIpc) is 2.50.